The molecule has 2 N–H and O–H groups in total. The van der Waals surface area contributed by atoms with E-state index in [0.717, 1.165) is 41.3 Å². The van der Waals surface area contributed by atoms with E-state index in [9.17, 15) is 9.59 Å². The molecule has 4 rings (SSSR count). The normalized spacial score (nSPS) is 16.5. The van der Waals surface area contributed by atoms with E-state index in [2.05, 4.69) is 25.7 Å². The lowest BCUT2D eigenvalue weighted by Crippen LogP contribution is -2.33. The Morgan fingerprint density at radius 3 is 2.61 bits per heavy atom. The quantitative estimate of drug-likeness (QED) is 0.581. The van der Waals surface area contributed by atoms with Gasteiger partial charge in [-0.3, -0.25) is 10.6 Å². The molecular formula is C21H29N5O3S2. The minimum atomic E-state index is -0.424. The topological polar surface area (TPSA) is 96.4 Å². The van der Waals surface area contributed by atoms with Crippen molar-refractivity contribution in [2.24, 2.45) is 0 Å². The van der Waals surface area contributed by atoms with E-state index in [1.165, 1.54) is 54.8 Å². The molecule has 1 saturated carbocycles. The standard InChI is InChI=1S/C21H29N5O3S2/c1-3-29-18(27)16-14-11-7-8-12-15(14)30-17(16)22-19(28)23-20-24-25-21(31-20)26(2)13-9-5-4-6-10-13/h13H,3-12H2,1-2H3,(H2,22,23,24,28). The van der Waals surface area contributed by atoms with Gasteiger partial charge < -0.3 is 9.64 Å². The molecule has 0 bridgehead atoms. The molecule has 8 nitrogen and oxygen atoms in total. The van der Waals surface area contributed by atoms with Crippen LogP contribution in [0.4, 0.5) is 20.1 Å². The molecule has 2 aliphatic carbocycles. The summed E-state index contributed by atoms with van der Waals surface area (Å²) in [7, 11) is 2.04. The molecule has 0 radical (unpaired) electrons. The zero-order valence-electron chi connectivity index (χ0n) is 18.0. The Morgan fingerprint density at radius 1 is 1.06 bits per heavy atom. The number of thiophene rings is 1. The molecule has 168 valence electrons. The summed E-state index contributed by atoms with van der Waals surface area (Å²) >= 11 is 2.83. The van der Waals surface area contributed by atoms with Crippen molar-refractivity contribution in [2.45, 2.75) is 70.8 Å². The van der Waals surface area contributed by atoms with Gasteiger partial charge in [0.2, 0.25) is 10.3 Å². The minimum absolute atomic E-state index is 0.303. The van der Waals surface area contributed by atoms with E-state index < -0.39 is 6.03 Å². The number of carbonyl (C=O) groups excluding carboxylic acids is 2. The maximum Gasteiger partial charge on any atom is 0.341 e. The summed E-state index contributed by atoms with van der Waals surface area (Å²) in [5.74, 6) is -0.371. The van der Waals surface area contributed by atoms with Crippen LogP contribution in [0.1, 0.15) is 72.7 Å². The average Bonchev–Trinajstić information content (AvgIpc) is 3.38. The number of hydrogen-bond donors (Lipinski definition) is 2. The third kappa shape index (κ3) is 5.01. The summed E-state index contributed by atoms with van der Waals surface area (Å²) in [5, 5.41) is 15.8. The first kappa shape index (κ1) is 22.0. The summed E-state index contributed by atoms with van der Waals surface area (Å²) < 4.78 is 5.25. The first-order valence-electron chi connectivity index (χ1n) is 11.0. The summed E-state index contributed by atoms with van der Waals surface area (Å²) in [6, 6.07) is 0.0557. The number of nitrogens with zero attached hydrogens (tertiary/aromatic N) is 3. The van der Waals surface area contributed by atoms with Crippen LogP contribution in [0.5, 0.6) is 0 Å². The van der Waals surface area contributed by atoms with Gasteiger partial charge in [0, 0.05) is 18.0 Å². The van der Waals surface area contributed by atoms with Gasteiger partial charge >= 0.3 is 12.0 Å². The summed E-state index contributed by atoms with van der Waals surface area (Å²) in [6.45, 7) is 2.09. The lowest BCUT2D eigenvalue weighted by atomic mass is 9.95. The molecule has 0 aliphatic heterocycles. The maximum atomic E-state index is 12.7. The number of hydrogen-bond acceptors (Lipinski definition) is 8. The zero-order valence-corrected chi connectivity index (χ0v) is 19.7. The Morgan fingerprint density at radius 2 is 1.84 bits per heavy atom. The molecule has 2 amide bonds. The van der Waals surface area contributed by atoms with E-state index in [-0.39, 0.29) is 5.97 Å². The largest absolute Gasteiger partial charge is 0.462 e. The van der Waals surface area contributed by atoms with Crippen LogP contribution in [0.3, 0.4) is 0 Å². The molecule has 2 aromatic rings. The highest BCUT2D eigenvalue weighted by Crippen LogP contribution is 2.39. The predicted molar refractivity (Wildman–Crippen MR) is 125 cm³/mol. The molecule has 2 heterocycles. The van der Waals surface area contributed by atoms with Gasteiger partial charge in [0.1, 0.15) is 5.00 Å². The number of ether oxygens (including phenoxy) is 1. The fourth-order valence-electron chi connectivity index (χ4n) is 4.34. The van der Waals surface area contributed by atoms with Gasteiger partial charge in [0.15, 0.2) is 0 Å². The van der Waals surface area contributed by atoms with Gasteiger partial charge in [0.25, 0.3) is 0 Å². The number of aromatic nitrogens is 2. The van der Waals surface area contributed by atoms with Crippen LogP contribution in [-0.2, 0) is 17.6 Å². The molecule has 0 unspecified atom stereocenters. The van der Waals surface area contributed by atoms with Crippen molar-refractivity contribution in [1.82, 2.24) is 10.2 Å². The number of aryl methyl sites for hydroxylation is 1. The van der Waals surface area contributed by atoms with Gasteiger partial charge in [-0.05, 0) is 51.0 Å². The second-order valence-corrected chi connectivity index (χ2v) is 10.1. The SMILES string of the molecule is CCOC(=O)c1c(NC(=O)Nc2nnc(N(C)C3CCCCC3)s2)sc2c1CCCC2. The lowest BCUT2D eigenvalue weighted by molar-refractivity contribution is 0.0526. The molecule has 31 heavy (non-hydrogen) atoms. The van der Waals surface area contributed by atoms with Crippen LogP contribution in [0.15, 0.2) is 0 Å². The van der Waals surface area contributed by atoms with Crippen molar-refractivity contribution in [3.63, 3.8) is 0 Å². The fourth-order valence-corrected chi connectivity index (χ4v) is 6.38. The van der Waals surface area contributed by atoms with Crippen molar-refractivity contribution < 1.29 is 14.3 Å². The molecule has 0 aromatic carbocycles. The third-order valence-electron chi connectivity index (χ3n) is 5.94. The Balaban J connectivity index is 1.44. The van der Waals surface area contributed by atoms with Crippen LogP contribution in [0.25, 0.3) is 0 Å². The van der Waals surface area contributed by atoms with Gasteiger partial charge in [0.05, 0.1) is 12.2 Å². The zero-order chi connectivity index (χ0) is 21.8. The van der Waals surface area contributed by atoms with Crippen LogP contribution in [-0.4, -0.2) is 41.9 Å². The molecule has 10 heteroatoms. The van der Waals surface area contributed by atoms with Crippen molar-refractivity contribution in [2.75, 3.05) is 29.2 Å². The van der Waals surface area contributed by atoms with Crippen molar-refractivity contribution in [3.8, 4) is 0 Å². The molecule has 0 saturated heterocycles. The second kappa shape index (κ2) is 9.95. The van der Waals surface area contributed by atoms with E-state index in [1.54, 1.807) is 6.92 Å². The molecule has 2 aliphatic rings. The second-order valence-electron chi connectivity index (χ2n) is 8.01. The molecule has 2 aromatic heterocycles. The highest BCUT2D eigenvalue weighted by Gasteiger charge is 2.27. The van der Waals surface area contributed by atoms with Gasteiger partial charge in [-0.1, -0.05) is 30.6 Å². The number of esters is 1. The number of rotatable bonds is 6. The van der Waals surface area contributed by atoms with E-state index >= 15 is 0 Å². The summed E-state index contributed by atoms with van der Waals surface area (Å²) in [5.41, 5.74) is 1.53. The van der Waals surface area contributed by atoms with Crippen LogP contribution >= 0.6 is 22.7 Å². The number of fused-ring (bicyclic) bond motifs is 1. The monoisotopic (exact) mass is 463 g/mol. The smallest absolute Gasteiger partial charge is 0.341 e. The van der Waals surface area contributed by atoms with Crippen LogP contribution in [0, 0.1) is 0 Å². The highest BCUT2D eigenvalue weighted by atomic mass is 32.1. The van der Waals surface area contributed by atoms with Crippen LogP contribution in [0.2, 0.25) is 0 Å². The highest BCUT2D eigenvalue weighted by molar-refractivity contribution is 7.19. The third-order valence-corrected chi connectivity index (χ3v) is 8.07. The summed E-state index contributed by atoms with van der Waals surface area (Å²) in [6.07, 6.45) is 10.0. The average molecular weight is 464 g/mol. The van der Waals surface area contributed by atoms with E-state index in [1.807, 2.05) is 7.05 Å². The first-order chi connectivity index (χ1) is 15.1. The Kier molecular flexibility index (Phi) is 7.06. The van der Waals surface area contributed by atoms with Gasteiger partial charge in [-0.15, -0.1) is 21.5 Å². The molecule has 0 atom stereocenters. The Labute approximate surface area is 190 Å². The number of nitrogens with one attached hydrogen (secondary N) is 2. The fraction of sp³-hybridized carbons (Fsp3) is 0.619. The minimum Gasteiger partial charge on any atom is -0.462 e. The van der Waals surface area contributed by atoms with Crippen molar-refractivity contribution >= 4 is 49.9 Å². The Hall–Kier alpha value is -2.20. The molecule has 1 fully saturated rings. The Bertz CT molecular complexity index is 936. The number of anilines is 3. The number of urea groups is 1. The van der Waals surface area contributed by atoms with Crippen LogP contribution < -0.4 is 15.5 Å². The maximum absolute atomic E-state index is 12.7. The van der Waals surface area contributed by atoms with Crippen molar-refractivity contribution in [1.29, 1.82) is 0 Å². The number of amides is 2. The number of carbonyl (C=O) groups is 2. The molecular weight excluding hydrogens is 434 g/mol. The summed E-state index contributed by atoms with van der Waals surface area (Å²) in [4.78, 5) is 28.6. The van der Waals surface area contributed by atoms with E-state index in [0.29, 0.717) is 28.3 Å². The van der Waals surface area contributed by atoms with E-state index in [4.69, 9.17) is 4.74 Å². The van der Waals surface area contributed by atoms with Gasteiger partial charge in [-0.2, -0.15) is 0 Å². The molecule has 0 spiro atoms. The lowest BCUT2D eigenvalue weighted by Gasteiger charge is -2.30. The van der Waals surface area contributed by atoms with Crippen molar-refractivity contribution in [3.05, 3.63) is 16.0 Å². The van der Waals surface area contributed by atoms with Gasteiger partial charge in [-0.25, -0.2) is 9.59 Å². The predicted octanol–water partition coefficient (Wildman–Crippen LogP) is 5.07. The first-order valence-corrected chi connectivity index (χ1v) is 12.7.